The molecule has 0 amide bonds. The van der Waals surface area contributed by atoms with E-state index in [-0.39, 0.29) is 0 Å². The second-order valence-corrected chi connectivity index (χ2v) is 5.62. The Hall–Kier alpha value is -0.430. The summed E-state index contributed by atoms with van der Waals surface area (Å²) < 4.78 is 0. The van der Waals surface area contributed by atoms with Crippen LogP contribution in [0, 0.1) is 0 Å². The summed E-state index contributed by atoms with van der Waals surface area (Å²) in [6.45, 7) is 9.06. The van der Waals surface area contributed by atoms with Crippen molar-refractivity contribution < 1.29 is 0 Å². The van der Waals surface area contributed by atoms with Gasteiger partial charge in [-0.05, 0) is 34.8 Å². The van der Waals surface area contributed by atoms with Gasteiger partial charge in [0.05, 0.1) is 0 Å². The maximum Gasteiger partial charge on any atom is 0.0181 e. The van der Waals surface area contributed by atoms with E-state index in [1.165, 1.54) is 16.7 Å². The van der Waals surface area contributed by atoms with Gasteiger partial charge in [0.1, 0.15) is 0 Å². The molecular formula is C14H22S. The van der Waals surface area contributed by atoms with Crippen molar-refractivity contribution in [3.05, 3.63) is 34.9 Å². The summed E-state index contributed by atoms with van der Waals surface area (Å²) >= 11 is 1.90. The van der Waals surface area contributed by atoms with E-state index >= 15 is 0 Å². The highest BCUT2D eigenvalue weighted by Gasteiger charge is 2.06. The monoisotopic (exact) mass is 222 g/mol. The molecule has 0 heterocycles. The smallest absolute Gasteiger partial charge is 0.0181 e. The van der Waals surface area contributed by atoms with Crippen molar-refractivity contribution >= 4 is 11.8 Å². The van der Waals surface area contributed by atoms with E-state index in [0.717, 1.165) is 5.75 Å². The van der Waals surface area contributed by atoms with Crippen LogP contribution < -0.4 is 0 Å². The lowest BCUT2D eigenvalue weighted by molar-refractivity contribution is 0.830. The van der Waals surface area contributed by atoms with Crippen LogP contribution in [0.3, 0.4) is 0 Å². The Labute approximate surface area is 98.5 Å². The predicted octanol–water partition coefficient (Wildman–Crippen LogP) is 4.80. The molecule has 0 aliphatic heterocycles. The fourth-order valence-corrected chi connectivity index (χ4v) is 2.16. The summed E-state index contributed by atoms with van der Waals surface area (Å²) in [6, 6.07) is 7.07. The highest BCUT2D eigenvalue weighted by molar-refractivity contribution is 7.97. The van der Waals surface area contributed by atoms with Crippen molar-refractivity contribution in [2.75, 3.05) is 6.26 Å². The first-order valence-electron chi connectivity index (χ1n) is 5.67. The second kappa shape index (κ2) is 5.60. The number of hydrogen-bond acceptors (Lipinski definition) is 1. The van der Waals surface area contributed by atoms with Crippen LogP contribution in [0.2, 0.25) is 0 Å². The number of benzene rings is 1. The Bertz CT molecular complexity index is 287. The lowest BCUT2D eigenvalue weighted by Gasteiger charge is -2.13. The van der Waals surface area contributed by atoms with E-state index < -0.39 is 0 Å². The fourth-order valence-electron chi connectivity index (χ4n) is 1.66. The average Bonchev–Trinajstić information content (AvgIpc) is 2.17. The van der Waals surface area contributed by atoms with Gasteiger partial charge in [0.25, 0.3) is 0 Å². The average molecular weight is 222 g/mol. The number of thioether (sulfide) groups is 1. The third kappa shape index (κ3) is 3.57. The van der Waals surface area contributed by atoms with E-state index in [4.69, 9.17) is 0 Å². The van der Waals surface area contributed by atoms with Crippen LogP contribution >= 0.6 is 11.8 Å². The molecule has 15 heavy (non-hydrogen) atoms. The van der Waals surface area contributed by atoms with Crippen molar-refractivity contribution in [1.29, 1.82) is 0 Å². The zero-order valence-corrected chi connectivity index (χ0v) is 11.3. The molecule has 0 nitrogen and oxygen atoms in total. The van der Waals surface area contributed by atoms with Crippen molar-refractivity contribution in [3.63, 3.8) is 0 Å². The lowest BCUT2D eigenvalue weighted by Crippen LogP contribution is -1.96. The zero-order chi connectivity index (χ0) is 11.4. The van der Waals surface area contributed by atoms with Gasteiger partial charge in [-0.1, -0.05) is 45.9 Å². The fraction of sp³-hybridized carbons (Fsp3) is 0.571. The van der Waals surface area contributed by atoms with Gasteiger partial charge in [0, 0.05) is 5.75 Å². The maximum absolute atomic E-state index is 2.36. The Morgan fingerprint density at radius 2 is 1.40 bits per heavy atom. The molecule has 0 aliphatic carbocycles. The standard InChI is InChI=1S/C14H22S/c1-10(2)13-6-12(9-15-5)7-14(8-13)11(3)4/h6-8,10-11H,9H2,1-5H3. The summed E-state index contributed by atoms with van der Waals surface area (Å²) in [7, 11) is 0. The molecule has 1 heteroatoms. The molecule has 1 rings (SSSR count). The van der Waals surface area contributed by atoms with Gasteiger partial charge in [0.15, 0.2) is 0 Å². The zero-order valence-electron chi connectivity index (χ0n) is 10.5. The molecule has 0 atom stereocenters. The normalized spacial score (nSPS) is 11.4. The molecule has 0 spiro atoms. The topological polar surface area (TPSA) is 0 Å². The third-order valence-corrected chi connectivity index (χ3v) is 3.30. The molecule has 0 N–H and O–H groups in total. The Kier molecular flexibility index (Phi) is 4.72. The van der Waals surface area contributed by atoms with Crippen LogP contribution in [0.4, 0.5) is 0 Å². The van der Waals surface area contributed by atoms with Gasteiger partial charge in [-0.25, -0.2) is 0 Å². The highest BCUT2D eigenvalue weighted by atomic mass is 32.2. The molecule has 0 unspecified atom stereocenters. The van der Waals surface area contributed by atoms with Gasteiger partial charge in [-0.15, -0.1) is 0 Å². The summed E-state index contributed by atoms with van der Waals surface area (Å²) in [6.07, 6.45) is 2.16. The molecule has 0 radical (unpaired) electrons. The Morgan fingerprint density at radius 1 is 0.933 bits per heavy atom. The first-order chi connectivity index (χ1) is 7.04. The van der Waals surface area contributed by atoms with Gasteiger partial charge < -0.3 is 0 Å². The number of rotatable bonds is 4. The van der Waals surface area contributed by atoms with Gasteiger partial charge in [-0.3, -0.25) is 0 Å². The minimum atomic E-state index is 0.629. The highest BCUT2D eigenvalue weighted by Crippen LogP contribution is 2.24. The maximum atomic E-state index is 2.36. The summed E-state index contributed by atoms with van der Waals surface area (Å²) in [4.78, 5) is 0. The molecule has 0 fully saturated rings. The van der Waals surface area contributed by atoms with Crippen molar-refractivity contribution in [1.82, 2.24) is 0 Å². The van der Waals surface area contributed by atoms with Crippen LogP contribution in [0.1, 0.15) is 56.2 Å². The third-order valence-electron chi connectivity index (χ3n) is 2.68. The van der Waals surface area contributed by atoms with Crippen LogP contribution in [0.25, 0.3) is 0 Å². The second-order valence-electron chi connectivity index (χ2n) is 4.75. The predicted molar refractivity (Wildman–Crippen MR) is 71.8 cm³/mol. The van der Waals surface area contributed by atoms with Gasteiger partial charge >= 0.3 is 0 Å². The SMILES string of the molecule is CSCc1cc(C(C)C)cc(C(C)C)c1. The van der Waals surface area contributed by atoms with Crippen LogP contribution in [-0.2, 0) is 5.75 Å². The quantitative estimate of drug-likeness (QED) is 0.705. The molecule has 0 saturated carbocycles. The van der Waals surface area contributed by atoms with Crippen molar-refractivity contribution in [2.24, 2.45) is 0 Å². The summed E-state index contributed by atoms with van der Waals surface area (Å²) in [5.41, 5.74) is 4.42. The van der Waals surface area contributed by atoms with Crippen LogP contribution in [0.5, 0.6) is 0 Å². The molecule has 0 aliphatic rings. The largest absolute Gasteiger partial charge is 0.161 e. The van der Waals surface area contributed by atoms with Gasteiger partial charge in [-0.2, -0.15) is 11.8 Å². The lowest BCUT2D eigenvalue weighted by atomic mass is 9.93. The summed E-state index contributed by atoms with van der Waals surface area (Å²) in [5, 5.41) is 0. The molecular weight excluding hydrogens is 200 g/mol. The molecule has 1 aromatic carbocycles. The van der Waals surface area contributed by atoms with E-state index in [0.29, 0.717) is 11.8 Å². The van der Waals surface area contributed by atoms with Crippen LogP contribution in [0.15, 0.2) is 18.2 Å². The van der Waals surface area contributed by atoms with Gasteiger partial charge in [0.2, 0.25) is 0 Å². The number of hydrogen-bond donors (Lipinski definition) is 0. The molecule has 0 aromatic heterocycles. The van der Waals surface area contributed by atoms with E-state index in [1.54, 1.807) is 0 Å². The van der Waals surface area contributed by atoms with E-state index in [1.807, 2.05) is 11.8 Å². The first-order valence-corrected chi connectivity index (χ1v) is 7.06. The summed E-state index contributed by atoms with van der Waals surface area (Å²) in [5.74, 6) is 2.38. The first kappa shape index (κ1) is 12.6. The molecule has 0 saturated heterocycles. The molecule has 0 bridgehead atoms. The Balaban J connectivity index is 3.08. The van der Waals surface area contributed by atoms with Crippen LogP contribution in [-0.4, -0.2) is 6.26 Å². The molecule has 84 valence electrons. The van der Waals surface area contributed by atoms with E-state index in [9.17, 15) is 0 Å². The minimum Gasteiger partial charge on any atom is -0.161 e. The van der Waals surface area contributed by atoms with E-state index in [2.05, 4.69) is 52.1 Å². The van der Waals surface area contributed by atoms with Crippen molar-refractivity contribution in [3.8, 4) is 0 Å². The Morgan fingerprint density at radius 3 is 1.73 bits per heavy atom. The van der Waals surface area contributed by atoms with Crippen molar-refractivity contribution in [2.45, 2.75) is 45.3 Å². The minimum absolute atomic E-state index is 0.629. The molecule has 1 aromatic rings.